The second-order valence-corrected chi connectivity index (χ2v) is 7.43. The molecule has 154 valence electrons. The molecule has 0 aromatic heterocycles. The van der Waals surface area contributed by atoms with Crippen LogP contribution >= 0.6 is 0 Å². The molecule has 1 aliphatic heterocycles. The molecule has 2 atom stereocenters. The maximum absolute atomic E-state index is 11.7. The van der Waals surface area contributed by atoms with E-state index in [4.69, 9.17) is 18.9 Å². The van der Waals surface area contributed by atoms with Crippen LogP contribution in [0.15, 0.2) is 18.2 Å². The lowest BCUT2D eigenvalue weighted by molar-refractivity contribution is -0.148. The molecule has 29 heavy (non-hydrogen) atoms. The predicted molar refractivity (Wildman–Crippen MR) is 107 cm³/mol. The van der Waals surface area contributed by atoms with Gasteiger partial charge in [0.25, 0.3) is 0 Å². The van der Waals surface area contributed by atoms with E-state index in [-0.39, 0.29) is 17.8 Å². The van der Waals surface area contributed by atoms with Gasteiger partial charge >= 0.3 is 5.97 Å². The number of rotatable bonds is 4. The quantitative estimate of drug-likeness (QED) is 0.791. The zero-order chi connectivity index (χ0) is 20.9. The Kier molecular flexibility index (Phi) is 4.78. The zero-order valence-electron chi connectivity index (χ0n) is 17.2. The fourth-order valence-corrected chi connectivity index (χ4v) is 4.53. The molecule has 2 aromatic carbocycles. The summed E-state index contributed by atoms with van der Waals surface area (Å²) >= 11 is 0. The lowest BCUT2D eigenvalue weighted by atomic mass is 9.75. The average molecular weight is 399 g/mol. The zero-order valence-corrected chi connectivity index (χ0v) is 17.2. The van der Waals surface area contributed by atoms with E-state index in [2.05, 4.69) is 4.90 Å². The van der Waals surface area contributed by atoms with E-state index in [1.165, 1.54) is 14.0 Å². The molecule has 7 heteroatoms. The van der Waals surface area contributed by atoms with E-state index < -0.39 is 6.10 Å². The Morgan fingerprint density at radius 3 is 2.34 bits per heavy atom. The van der Waals surface area contributed by atoms with Crippen LogP contribution in [0, 0.1) is 0 Å². The monoisotopic (exact) mass is 399 g/mol. The third-order valence-electron chi connectivity index (χ3n) is 5.82. The van der Waals surface area contributed by atoms with E-state index in [0.717, 1.165) is 28.7 Å². The molecule has 2 aromatic rings. The van der Waals surface area contributed by atoms with Gasteiger partial charge in [0.15, 0.2) is 23.0 Å². The summed E-state index contributed by atoms with van der Waals surface area (Å²) in [5.41, 5.74) is 4.43. The molecule has 0 amide bonds. The average Bonchev–Trinajstić information content (AvgIpc) is 2.70. The summed E-state index contributed by atoms with van der Waals surface area (Å²) < 4.78 is 22.0. The Labute approximate surface area is 169 Å². The molecule has 0 spiro atoms. The molecule has 7 nitrogen and oxygen atoms in total. The van der Waals surface area contributed by atoms with Crippen LogP contribution in [-0.2, 0) is 16.0 Å². The van der Waals surface area contributed by atoms with Gasteiger partial charge in [0.1, 0.15) is 6.10 Å². The number of methoxy groups -OCH3 is 3. The highest BCUT2D eigenvalue weighted by Crippen LogP contribution is 2.55. The van der Waals surface area contributed by atoms with Crippen LogP contribution in [0.3, 0.4) is 0 Å². The molecule has 4 rings (SSSR count). The number of phenolic OH excluding ortho intramolecular Hbond substituents is 1. The largest absolute Gasteiger partial charge is 0.504 e. The molecule has 0 saturated heterocycles. The summed E-state index contributed by atoms with van der Waals surface area (Å²) in [6, 6.07) is 5.67. The number of nitrogens with zero attached hydrogens (tertiary/aromatic N) is 1. The summed E-state index contributed by atoms with van der Waals surface area (Å²) in [7, 11) is 6.71. The third-order valence-corrected chi connectivity index (χ3v) is 5.82. The lowest BCUT2D eigenvalue weighted by Gasteiger charge is -2.43. The minimum atomic E-state index is -0.432. The van der Waals surface area contributed by atoms with Crippen LogP contribution in [0.1, 0.15) is 35.8 Å². The first kappa shape index (κ1) is 19.4. The Bertz CT molecular complexity index is 986. The van der Waals surface area contributed by atoms with Crippen molar-refractivity contribution >= 4 is 5.97 Å². The fraction of sp³-hybridized carbons (Fsp3) is 0.409. The van der Waals surface area contributed by atoms with Gasteiger partial charge in [-0.1, -0.05) is 0 Å². The third kappa shape index (κ3) is 2.97. The highest BCUT2D eigenvalue weighted by Gasteiger charge is 2.41. The topological polar surface area (TPSA) is 77.5 Å². The first-order chi connectivity index (χ1) is 13.9. The molecule has 1 heterocycles. The number of carbonyl (C=O) groups excluding carboxylic acids is 1. The number of hydrogen-bond donors (Lipinski definition) is 1. The minimum Gasteiger partial charge on any atom is -0.504 e. The standard InChI is InChI=1S/C22H25NO6/c1-11(24)29-19-10-23(2)15-6-12-7-16(26-3)17(27-4)8-13(12)21-20(15)14(19)9-18(28-5)22(21)25/h7-9,15,19,25H,6,10H2,1-5H3/t15-,19-/m0/s1. The highest BCUT2D eigenvalue weighted by molar-refractivity contribution is 5.85. The van der Waals surface area contributed by atoms with Crippen LogP contribution in [-0.4, -0.2) is 50.9 Å². The molecule has 0 bridgehead atoms. The SMILES string of the molecule is COc1cc2c(cc1OC)-c1c(O)c(OC)cc3c1[C@H](C2)N(C)C[C@@H]3OC(C)=O. The van der Waals surface area contributed by atoms with Crippen molar-refractivity contribution in [1.29, 1.82) is 0 Å². The van der Waals surface area contributed by atoms with Crippen molar-refractivity contribution in [1.82, 2.24) is 4.90 Å². The smallest absolute Gasteiger partial charge is 0.303 e. The van der Waals surface area contributed by atoms with Gasteiger partial charge in [0.2, 0.25) is 0 Å². The Hall–Kier alpha value is -2.93. The highest BCUT2D eigenvalue weighted by atomic mass is 16.5. The number of ether oxygens (including phenoxy) is 4. The van der Waals surface area contributed by atoms with Gasteiger partial charge in [0.05, 0.1) is 21.3 Å². The van der Waals surface area contributed by atoms with Crippen molar-refractivity contribution < 1.29 is 28.8 Å². The molecule has 0 unspecified atom stereocenters. The van der Waals surface area contributed by atoms with Crippen LogP contribution in [0.25, 0.3) is 11.1 Å². The van der Waals surface area contributed by atoms with Crippen molar-refractivity contribution in [2.45, 2.75) is 25.5 Å². The maximum Gasteiger partial charge on any atom is 0.303 e. The van der Waals surface area contributed by atoms with Gasteiger partial charge in [0, 0.05) is 30.6 Å². The van der Waals surface area contributed by atoms with Crippen molar-refractivity contribution in [3.63, 3.8) is 0 Å². The second kappa shape index (κ2) is 7.15. The van der Waals surface area contributed by atoms with Crippen LogP contribution in [0.5, 0.6) is 23.0 Å². The Morgan fingerprint density at radius 2 is 1.72 bits per heavy atom. The summed E-state index contributed by atoms with van der Waals surface area (Å²) in [6.07, 6.45) is 0.309. The van der Waals surface area contributed by atoms with E-state index in [1.54, 1.807) is 20.3 Å². The van der Waals surface area contributed by atoms with Crippen molar-refractivity contribution in [2.75, 3.05) is 34.9 Å². The first-order valence-electron chi connectivity index (χ1n) is 9.46. The van der Waals surface area contributed by atoms with Crippen LogP contribution in [0.4, 0.5) is 0 Å². The number of likely N-dealkylation sites (N-methyl/N-ethyl adjacent to an activating group) is 1. The van der Waals surface area contributed by atoms with Gasteiger partial charge in [-0.3, -0.25) is 9.69 Å². The van der Waals surface area contributed by atoms with Gasteiger partial charge in [-0.05, 0) is 48.4 Å². The van der Waals surface area contributed by atoms with Crippen LogP contribution in [0.2, 0.25) is 0 Å². The molecule has 0 radical (unpaired) electrons. The first-order valence-corrected chi connectivity index (χ1v) is 9.46. The number of hydrogen-bond acceptors (Lipinski definition) is 7. The van der Waals surface area contributed by atoms with E-state index in [1.807, 2.05) is 19.2 Å². The normalized spacial score (nSPS) is 19.8. The predicted octanol–water partition coefficient (Wildman–Crippen LogP) is 3.23. The second-order valence-electron chi connectivity index (χ2n) is 7.43. The van der Waals surface area contributed by atoms with Gasteiger partial charge < -0.3 is 24.1 Å². The Balaban J connectivity index is 2.03. The number of carbonyl (C=O) groups is 1. The van der Waals surface area contributed by atoms with Crippen LogP contribution < -0.4 is 14.2 Å². The summed E-state index contributed by atoms with van der Waals surface area (Å²) in [6.45, 7) is 1.97. The van der Waals surface area contributed by atoms with Crippen molar-refractivity contribution in [3.05, 3.63) is 34.9 Å². The number of esters is 1. The molecular formula is C22H25NO6. The number of phenols is 1. The van der Waals surface area contributed by atoms with Gasteiger partial charge in [-0.15, -0.1) is 0 Å². The molecule has 0 fully saturated rings. The maximum atomic E-state index is 11.7. The fourth-order valence-electron chi connectivity index (χ4n) is 4.53. The summed E-state index contributed by atoms with van der Waals surface area (Å²) in [5.74, 6) is 1.31. The minimum absolute atomic E-state index is 0.0363. The number of benzene rings is 2. The summed E-state index contributed by atoms with van der Waals surface area (Å²) in [4.78, 5) is 13.9. The van der Waals surface area contributed by atoms with Crippen molar-refractivity contribution in [2.24, 2.45) is 0 Å². The summed E-state index contributed by atoms with van der Waals surface area (Å²) in [5, 5.41) is 11.1. The molecular weight excluding hydrogens is 374 g/mol. The molecule has 0 saturated carbocycles. The Morgan fingerprint density at radius 1 is 1.07 bits per heavy atom. The number of aromatic hydroxyl groups is 1. The van der Waals surface area contributed by atoms with E-state index >= 15 is 0 Å². The van der Waals surface area contributed by atoms with E-state index in [0.29, 0.717) is 29.4 Å². The van der Waals surface area contributed by atoms with Gasteiger partial charge in [-0.25, -0.2) is 0 Å². The lowest BCUT2D eigenvalue weighted by Crippen LogP contribution is -2.39. The van der Waals surface area contributed by atoms with E-state index in [9.17, 15) is 9.90 Å². The van der Waals surface area contributed by atoms with Crippen molar-refractivity contribution in [3.8, 4) is 34.1 Å². The molecule has 2 aliphatic rings. The number of fused-ring (bicyclic) bond motifs is 2. The molecule has 1 aliphatic carbocycles. The molecule has 1 N–H and O–H groups in total. The van der Waals surface area contributed by atoms with Gasteiger partial charge in [-0.2, -0.15) is 0 Å².